The fourth-order valence-corrected chi connectivity index (χ4v) is 3.55. The molecule has 3 amide bonds. The number of carbonyl (C=O) groups is 4. The molecule has 0 spiro atoms. The van der Waals surface area contributed by atoms with Gasteiger partial charge in [-0.2, -0.15) is 0 Å². The molecule has 2 N–H and O–H groups in total. The number of benzene rings is 1. The van der Waals surface area contributed by atoms with Crippen molar-refractivity contribution in [2.24, 2.45) is 0 Å². The SMILES string of the molecule is COC(=O)CCCCC(=O)NNC(=O)c1ccc(C2CCN(C(=O)OC(C)(C)C)CC2)cc1. The van der Waals surface area contributed by atoms with Gasteiger partial charge in [0.1, 0.15) is 5.60 Å². The molecule has 0 atom stereocenters. The van der Waals surface area contributed by atoms with Crippen LogP contribution in [-0.2, 0) is 19.1 Å². The van der Waals surface area contributed by atoms with E-state index >= 15 is 0 Å². The molecule has 0 saturated carbocycles. The molecule has 0 radical (unpaired) electrons. The maximum Gasteiger partial charge on any atom is 0.410 e. The average molecular weight is 462 g/mol. The van der Waals surface area contributed by atoms with Crippen molar-refractivity contribution in [3.63, 3.8) is 0 Å². The number of nitrogens with zero attached hydrogens (tertiary/aromatic N) is 1. The molecule has 2 rings (SSSR count). The quantitative estimate of drug-likeness (QED) is 0.366. The minimum atomic E-state index is -0.506. The van der Waals surface area contributed by atoms with Gasteiger partial charge in [0.2, 0.25) is 5.91 Å². The van der Waals surface area contributed by atoms with Crippen LogP contribution in [0.2, 0.25) is 0 Å². The summed E-state index contributed by atoms with van der Waals surface area (Å²) in [5, 5.41) is 0. The maximum absolute atomic E-state index is 12.3. The second kappa shape index (κ2) is 12.2. The molecular weight excluding hydrogens is 426 g/mol. The second-order valence-electron chi connectivity index (χ2n) is 9.15. The molecule has 0 aromatic heterocycles. The van der Waals surface area contributed by atoms with Crippen molar-refractivity contribution in [3.05, 3.63) is 35.4 Å². The number of hydrogen-bond acceptors (Lipinski definition) is 6. The summed E-state index contributed by atoms with van der Waals surface area (Å²) in [7, 11) is 1.33. The number of nitrogens with one attached hydrogen (secondary N) is 2. The van der Waals surface area contributed by atoms with E-state index in [1.165, 1.54) is 7.11 Å². The first-order chi connectivity index (χ1) is 15.6. The molecule has 1 saturated heterocycles. The number of carbonyl (C=O) groups excluding carboxylic acids is 4. The van der Waals surface area contributed by atoms with Crippen molar-refractivity contribution in [3.8, 4) is 0 Å². The predicted octanol–water partition coefficient (Wildman–Crippen LogP) is 3.30. The van der Waals surface area contributed by atoms with E-state index < -0.39 is 11.5 Å². The Labute approximate surface area is 195 Å². The van der Waals surface area contributed by atoms with E-state index in [-0.39, 0.29) is 30.8 Å². The third-order valence-corrected chi connectivity index (χ3v) is 5.37. The first kappa shape index (κ1) is 26.2. The number of amides is 3. The first-order valence-corrected chi connectivity index (χ1v) is 11.3. The van der Waals surface area contributed by atoms with Crippen molar-refractivity contribution >= 4 is 23.9 Å². The molecule has 0 unspecified atom stereocenters. The Hall–Kier alpha value is -3.10. The number of likely N-dealkylation sites (tertiary alicyclic amines) is 1. The van der Waals surface area contributed by atoms with E-state index in [4.69, 9.17) is 4.74 Å². The zero-order valence-electron chi connectivity index (χ0n) is 19.9. The minimum absolute atomic E-state index is 0.207. The van der Waals surface area contributed by atoms with E-state index in [9.17, 15) is 19.2 Å². The summed E-state index contributed by atoms with van der Waals surface area (Å²) in [6.45, 7) is 6.83. The summed E-state index contributed by atoms with van der Waals surface area (Å²) in [4.78, 5) is 49.1. The van der Waals surface area contributed by atoms with Gasteiger partial charge in [-0.1, -0.05) is 12.1 Å². The number of rotatable bonds is 7. The van der Waals surface area contributed by atoms with Crippen LogP contribution in [0.3, 0.4) is 0 Å². The highest BCUT2D eigenvalue weighted by Crippen LogP contribution is 2.29. The Morgan fingerprint density at radius 2 is 1.58 bits per heavy atom. The van der Waals surface area contributed by atoms with Crippen LogP contribution in [0.15, 0.2) is 24.3 Å². The summed E-state index contributed by atoms with van der Waals surface area (Å²) in [6, 6.07) is 7.29. The molecule has 182 valence electrons. The van der Waals surface area contributed by atoms with Gasteiger partial charge in [0.15, 0.2) is 0 Å². The van der Waals surface area contributed by atoms with E-state index in [1.54, 1.807) is 17.0 Å². The summed E-state index contributed by atoms with van der Waals surface area (Å²) in [6.07, 6.45) is 2.93. The molecule has 1 heterocycles. The average Bonchev–Trinajstić information content (AvgIpc) is 2.79. The predicted molar refractivity (Wildman–Crippen MR) is 122 cm³/mol. The van der Waals surface area contributed by atoms with Crippen LogP contribution in [0.1, 0.15) is 81.1 Å². The van der Waals surface area contributed by atoms with Crippen LogP contribution in [-0.4, -0.2) is 54.6 Å². The highest BCUT2D eigenvalue weighted by atomic mass is 16.6. The number of unbranched alkanes of at least 4 members (excludes halogenated alkanes) is 1. The largest absolute Gasteiger partial charge is 0.469 e. The third-order valence-electron chi connectivity index (χ3n) is 5.37. The third kappa shape index (κ3) is 9.11. The van der Waals surface area contributed by atoms with Gasteiger partial charge < -0.3 is 14.4 Å². The maximum atomic E-state index is 12.3. The molecule has 1 aromatic carbocycles. The number of hydrogen-bond donors (Lipinski definition) is 2. The lowest BCUT2D eigenvalue weighted by Gasteiger charge is -2.33. The molecule has 9 heteroatoms. The van der Waals surface area contributed by atoms with Crippen LogP contribution >= 0.6 is 0 Å². The molecule has 33 heavy (non-hydrogen) atoms. The van der Waals surface area contributed by atoms with E-state index in [0.717, 1.165) is 18.4 Å². The Balaban J connectivity index is 1.74. The smallest absolute Gasteiger partial charge is 0.410 e. The molecule has 1 aliphatic rings. The number of hydrazine groups is 1. The normalized spacial score (nSPS) is 14.4. The lowest BCUT2D eigenvalue weighted by Crippen LogP contribution is -2.41. The van der Waals surface area contributed by atoms with Gasteiger partial charge in [0, 0.05) is 31.5 Å². The van der Waals surface area contributed by atoms with Crippen LogP contribution in [0.25, 0.3) is 0 Å². The number of methoxy groups -OCH3 is 1. The van der Waals surface area contributed by atoms with Crippen LogP contribution < -0.4 is 10.9 Å². The van der Waals surface area contributed by atoms with Crippen LogP contribution in [0.4, 0.5) is 4.79 Å². The van der Waals surface area contributed by atoms with Crippen molar-refractivity contribution in [1.82, 2.24) is 15.8 Å². The van der Waals surface area contributed by atoms with Gasteiger partial charge in [-0.15, -0.1) is 0 Å². The lowest BCUT2D eigenvalue weighted by atomic mass is 9.89. The summed E-state index contributed by atoms with van der Waals surface area (Å²) in [5.74, 6) is -0.711. The fourth-order valence-electron chi connectivity index (χ4n) is 3.55. The zero-order valence-corrected chi connectivity index (χ0v) is 19.9. The van der Waals surface area contributed by atoms with E-state index in [1.807, 2.05) is 32.9 Å². The van der Waals surface area contributed by atoms with Crippen molar-refractivity contribution in [2.75, 3.05) is 20.2 Å². The summed E-state index contributed by atoms with van der Waals surface area (Å²) >= 11 is 0. The van der Waals surface area contributed by atoms with E-state index in [2.05, 4.69) is 15.6 Å². The second-order valence-corrected chi connectivity index (χ2v) is 9.15. The van der Waals surface area contributed by atoms with Crippen molar-refractivity contribution in [2.45, 2.75) is 70.8 Å². The monoisotopic (exact) mass is 461 g/mol. The topological polar surface area (TPSA) is 114 Å². The zero-order chi connectivity index (χ0) is 24.4. The Bertz CT molecular complexity index is 824. The highest BCUT2D eigenvalue weighted by molar-refractivity contribution is 5.95. The van der Waals surface area contributed by atoms with Crippen molar-refractivity contribution < 1.29 is 28.7 Å². The number of esters is 1. The Morgan fingerprint density at radius 3 is 2.15 bits per heavy atom. The molecule has 0 aliphatic carbocycles. The highest BCUT2D eigenvalue weighted by Gasteiger charge is 2.27. The molecular formula is C24H35N3O6. The number of piperidine rings is 1. The van der Waals surface area contributed by atoms with Crippen LogP contribution in [0.5, 0.6) is 0 Å². The van der Waals surface area contributed by atoms with Gasteiger partial charge in [-0.25, -0.2) is 4.79 Å². The van der Waals surface area contributed by atoms with Crippen molar-refractivity contribution in [1.29, 1.82) is 0 Å². The minimum Gasteiger partial charge on any atom is -0.469 e. The van der Waals surface area contributed by atoms with Gasteiger partial charge in [-0.3, -0.25) is 25.2 Å². The molecule has 1 aromatic rings. The standard InChI is InChI=1S/C24H35N3O6/c1-24(2,3)33-23(31)27-15-13-18(14-16-27)17-9-11-19(12-10-17)22(30)26-25-20(28)7-5-6-8-21(29)32-4/h9-12,18H,5-8,13-16H2,1-4H3,(H,25,28)(H,26,30). The van der Waals surface area contributed by atoms with Gasteiger partial charge in [-0.05, 0) is 70.1 Å². The first-order valence-electron chi connectivity index (χ1n) is 11.3. The van der Waals surface area contributed by atoms with Gasteiger partial charge in [0.25, 0.3) is 5.91 Å². The summed E-state index contributed by atoms with van der Waals surface area (Å²) in [5.41, 5.74) is 5.85. The molecule has 1 aliphatic heterocycles. The Morgan fingerprint density at radius 1 is 0.970 bits per heavy atom. The van der Waals surface area contributed by atoms with Crippen LogP contribution in [0, 0.1) is 0 Å². The summed E-state index contributed by atoms with van der Waals surface area (Å²) < 4.78 is 9.98. The molecule has 1 fully saturated rings. The molecule has 0 bridgehead atoms. The van der Waals surface area contributed by atoms with Gasteiger partial charge in [0.05, 0.1) is 7.11 Å². The number of ether oxygens (including phenoxy) is 2. The van der Waals surface area contributed by atoms with Gasteiger partial charge >= 0.3 is 12.1 Å². The lowest BCUT2D eigenvalue weighted by molar-refractivity contribution is -0.140. The fraction of sp³-hybridized carbons (Fsp3) is 0.583. The van der Waals surface area contributed by atoms with E-state index in [0.29, 0.717) is 37.4 Å². The Kier molecular flexibility index (Phi) is 9.69. The molecule has 9 nitrogen and oxygen atoms in total.